The zero-order valence-corrected chi connectivity index (χ0v) is 32.2. The van der Waals surface area contributed by atoms with Crippen LogP contribution in [0, 0.1) is 0 Å². The number of amides is 4. The molecular weight excluding hydrogens is 734 g/mol. The van der Waals surface area contributed by atoms with Gasteiger partial charge < -0.3 is 14.4 Å². The number of imide groups is 2. The second kappa shape index (κ2) is 15.3. The number of hydrogen-bond acceptors (Lipinski definition) is 6. The third-order valence-electron chi connectivity index (χ3n) is 11.3. The first-order valence-corrected chi connectivity index (χ1v) is 19.8. The SMILES string of the molecule is CCOc1cc(/C=C2\C(=O)NC(=O)N(c3cc4c5c(c3)[C@@H](c3ccccc3)CCN5CC[C@@H]4c3ccccc3)C2=O)cc(Cl)c1OCc1cccc2ccccc12. The molecule has 1 fully saturated rings. The van der Waals surface area contributed by atoms with Crippen LogP contribution in [0.4, 0.5) is 16.2 Å². The van der Waals surface area contributed by atoms with Crippen molar-refractivity contribution in [3.8, 4) is 11.5 Å². The zero-order chi connectivity index (χ0) is 39.0. The summed E-state index contributed by atoms with van der Waals surface area (Å²) >= 11 is 6.85. The molecule has 0 saturated carbocycles. The van der Waals surface area contributed by atoms with E-state index in [1.54, 1.807) is 12.1 Å². The van der Waals surface area contributed by atoms with Crippen LogP contribution in [-0.4, -0.2) is 37.5 Å². The number of carbonyl (C=O) groups excluding carboxylic acids is 3. The number of anilines is 2. The van der Waals surface area contributed by atoms with Crippen LogP contribution in [-0.2, 0) is 16.2 Å². The van der Waals surface area contributed by atoms with Crippen molar-refractivity contribution in [3.05, 3.63) is 171 Å². The zero-order valence-electron chi connectivity index (χ0n) is 31.4. The normalized spacial score (nSPS) is 18.4. The number of barbiturate groups is 1. The quantitative estimate of drug-likeness (QED) is 0.116. The average molecular weight is 774 g/mol. The van der Waals surface area contributed by atoms with Crippen molar-refractivity contribution >= 4 is 57.7 Å². The Labute approximate surface area is 336 Å². The summed E-state index contributed by atoms with van der Waals surface area (Å²) in [6.45, 7) is 4.24. The molecule has 8 nitrogen and oxygen atoms in total. The summed E-state index contributed by atoms with van der Waals surface area (Å²) in [6, 6.07) is 41.3. The van der Waals surface area contributed by atoms with Crippen molar-refractivity contribution in [2.75, 3.05) is 29.5 Å². The van der Waals surface area contributed by atoms with Crippen molar-refractivity contribution in [1.82, 2.24) is 5.32 Å². The van der Waals surface area contributed by atoms with Gasteiger partial charge in [0.15, 0.2) is 11.5 Å². The van der Waals surface area contributed by atoms with Crippen LogP contribution in [0.3, 0.4) is 0 Å². The first-order chi connectivity index (χ1) is 27.9. The summed E-state index contributed by atoms with van der Waals surface area (Å²) < 4.78 is 12.2. The van der Waals surface area contributed by atoms with Gasteiger partial charge in [0.25, 0.3) is 11.8 Å². The molecule has 3 aliphatic rings. The molecule has 2 atom stereocenters. The highest BCUT2D eigenvalue weighted by atomic mass is 35.5. The molecule has 6 aromatic carbocycles. The van der Waals surface area contributed by atoms with Crippen LogP contribution in [0.15, 0.2) is 133 Å². The number of nitrogens with zero attached hydrogens (tertiary/aromatic N) is 2. The van der Waals surface area contributed by atoms with E-state index in [0.29, 0.717) is 29.4 Å². The Balaban J connectivity index is 1.09. The van der Waals surface area contributed by atoms with Crippen LogP contribution in [0.5, 0.6) is 11.5 Å². The van der Waals surface area contributed by atoms with Gasteiger partial charge in [0.1, 0.15) is 12.2 Å². The van der Waals surface area contributed by atoms with E-state index in [0.717, 1.165) is 64.0 Å². The highest BCUT2D eigenvalue weighted by Crippen LogP contribution is 2.50. The molecule has 4 amide bonds. The van der Waals surface area contributed by atoms with E-state index in [4.69, 9.17) is 21.1 Å². The number of benzene rings is 6. The Hall–Kier alpha value is -6.38. The number of ether oxygens (including phenoxy) is 2. The molecule has 1 saturated heterocycles. The predicted octanol–water partition coefficient (Wildman–Crippen LogP) is 10.0. The van der Waals surface area contributed by atoms with Crippen molar-refractivity contribution < 1.29 is 23.9 Å². The summed E-state index contributed by atoms with van der Waals surface area (Å²) in [5, 5.41) is 4.86. The Morgan fingerprint density at radius 2 is 1.39 bits per heavy atom. The Bertz CT molecular complexity index is 2500. The third kappa shape index (κ3) is 6.80. The van der Waals surface area contributed by atoms with Crippen molar-refractivity contribution in [2.45, 2.75) is 38.2 Å². The van der Waals surface area contributed by atoms with Crippen molar-refractivity contribution in [2.24, 2.45) is 0 Å². The van der Waals surface area contributed by atoms with E-state index in [-0.39, 0.29) is 29.0 Å². The maximum Gasteiger partial charge on any atom is 0.335 e. The summed E-state index contributed by atoms with van der Waals surface area (Å²) in [4.78, 5) is 45.3. The van der Waals surface area contributed by atoms with E-state index in [2.05, 4.69) is 46.6 Å². The monoisotopic (exact) mass is 773 g/mol. The number of rotatable bonds is 9. The largest absolute Gasteiger partial charge is 0.490 e. The number of fused-ring (bicyclic) bond motifs is 1. The molecule has 9 heteroatoms. The molecule has 0 spiro atoms. The summed E-state index contributed by atoms with van der Waals surface area (Å²) in [6.07, 6.45) is 3.23. The van der Waals surface area contributed by atoms with E-state index >= 15 is 0 Å². The number of carbonyl (C=O) groups is 3. The lowest BCUT2D eigenvalue weighted by molar-refractivity contribution is -0.122. The highest BCUT2D eigenvalue weighted by Gasteiger charge is 2.40. The topological polar surface area (TPSA) is 88.2 Å². The van der Waals surface area contributed by atoms with Crippen LogP contribution >= 0.6 is 11.6 Å². The van der Waals surface area contributed by atoms with Crippen LogP contribution in [0.1, 0.15) is 65.0 Å². The van der Waals surface area contributed by atoms with Gasteiger partial charge in [0.05, 0.1) is 17.3 Å². The number of halogens is 1. The number of nitrogens with one attached hydrogen (secondary N) is 1. The van der Waals surface area contributed by atoms with Gasteiger partial charge in [-0.05, 0) is 94.3 Å². The minimum Gasteiger partial charge on any atom is -0.490 e. The lowest BCUT2D eigenvalue weighted by Crippen LogP contribution is -2.54. The van der Waals surface area contributed by atoms with E-state index in [1.807, 2.05) is 85.8 Å². The molecule has 284 valence electrons. The molecule has 0 bridgehead atoms. The van der Waals surface area contributed by atoms with Gasteiger partial charge in [-0.2, -0.15) is 0 Å². The second-order valence-corrected chi connectivity index (χ2v) is 15.0. The standard InChI is InChI=1S/C48H40ClN3O5/c1-2-56-43-26-30(25-42(49)45(43)57-29-34-18-11-17-31-16-9-10-19-36(31)34)24-41-46(53)50-48(55)52(47(41)54)35-27-39-37(32-12-5-3-6-13-32)20-22-51-23-21-38(40(28-35)44(39)51)33-14-7-4-8-15-33/h3-19,24-28,37-38H,2,20-23,29H2,1H3,(H,50,53,55)/b41-24+/t37-,38-/m1/s1. The fourth-order valence-electron chi connectivity index (χ4n) is 8.67. The molecular formula is C48H40ClN3O5. The molecule has 9 rings (SSSR count). The maximum absolute atomic E-state index is 14.5. The van der Waals surface area contributed by atoms with Crippen LogP contribution < -0.4 is 24.6 Å². The second-order valence-electron chi connectivity index (χ2n) is 14.6. The van der Waals surface area contributed by atoms with Crippen LogP contribution in [0.25, 0.3) is 16.8 Å². The molecule has 57 heavy (non-hydrogen) atoms. The fourth-order valence-corrected chi connectivity index (χ4v) is 8.94. The molecule has 0 aromatic heterocycles. The van der Waals surface area contributed by atoms with Gasteiger partial charge in [-0.1, -0.05) is 115 Å². The number of urea groups is 1. The van der Waals surface area contributed by atoms with Gasteiger partial charge in [-0.25, -0.2) is 9.69 Å². The molecule has 0 unspecified atom stereocenters. The highest BCUT2D eigenvalue weighted by molar-refractivity contribution is 6.39. The minimum absolute atomic E-state index is 0.0609. The molecule has 0 aliphatic carbocycles. The van der Waals surface area contributed by atoms with Gasteiger partial charge >= 0.3 is 6.03 Å². The van der Waals surface area contributed by atoms with Crippen LogP contribution in [0.2, 0.25) is 5.02 Å². The van der Waals surface area contributed by atoms with E-state index in [1.165, 1.54) is 17.2 Å². The Morgan fingerprint density at radius 1 is 0.754 bits per heavy atom. The van der Waals surface area contributed by atoms with E-state index in [9.17, 15) is 14.4 Å². The summed E-state index contributed by atoms with van der Waals surface area (Å²) in [5.74, 6) is -0.677. The smallest absolute Gasteiger partial charge is 0.335 e. The summed E-state index contributed by atoms with van der Waals surface area (Å²) in [5.41, 5.74) is 7.29. The lowest BCUT2D eigenvalue weighted by Gasteiger charge is -2.44. The molecule has 1 N–H and O–H groups in total. The van der Waals surface area contributed by atoms with Gasteiger partial charge in [0, 0.05) is 30.6 Å². The van der Waals surface area contributed by atoms with Gasteiger partial charge in [-0.3, -0.25) is 14.9 Å². The van der Waals surface area contributed by atoms with Crippen molar-refractivity contribution in [1.29, 1.82) is 0 Å². The first kappa shape index (κ1) is 36.3. The third-order valence-corrected chi connectivity index (χ3v) is 11.5. The Morgan fingerprint density at radius 3 is 2.05 bits per heavy atom. The maximum atomic E-state index is 14.5. The molecule has 0 radical (unpaired) electrons. The summed E-state index contributed by atoms with van der Waals surface area (Å²) in [7, 11) is 0. The van der Waals surface area contributed by atoms with E-state index < -0.39 is 17.8 Å². The van der Waals surface area contributed by atoms with Crippen molar-refractivity contribution in [3.63, 3.8) is 0 Å². The number of hydrogen-bond donors (Lipinski definition) is 1. The average Bonchev–Trinajstić information content (AvgIpc) is 3.23. The predicted molar refractivity (Wildman–Crippen MR) is 224 cm³/mol. The first-order valence-electron chi connectivity index (χ1n) is 19.4. The molecule has 6 aromatic rings. The fraction of sp³-hybridized carbons (Fsp3) is 0.188. The van der Waals surface area contributed by atoms with Gasteiger partial charge in [-0.15, -0.1) is 0 Å². The molecule has 3 heterocycles. The van der Waals surface area contributed by atoms with Gasteiger partial charge in [0.2, 0.25) is 0 Å². The Kier molecular flexibility index (Phi) is 9.72. The minimum atomic E-state index is -0.796. The molecule has 3 aliphatic heterocycles. The lowest BCUT2D eigenvalue weighted by atomic mass is 9.76.